The van der Waals surface area contributed by atoms with E-state index in [4.69, 9.17) is 5.11 Å². The molecule has 134 valence electrons. The summed E-state index contributed by atoms with van der Waals surface area (Å²) in [6, 6.07) is 8.14. The molecule has 2 rings (SSSR count). The lowest BCUT2D eigenvalue weighted by atomic mass is 10.0. The van der Waals surface area contributed by atoms with Crippen LogP contribution in [0.4, 0.5) is 14.5 Å². The Morgan fingerprint density at radius 1 is 1.24 bits per heavy atom. The Morgan fingerprint density at radius 2 is 2.00 bits per heavy atom. The van der Waals surface area contributed by atoms with E-state index in [1.165, 1.54) is 6.07 Å². The molecule has 0 radical (unpaired) electrons. The maximum Gasteiger partial charge on any atom is 0.251 e. The molecule has 0 aliphatic heterocycles. The van der Waals surface area contributed by atoms with Gasteiger partial charge in [-0.15, -0.1) is 0 Å². The minimum atomic E-state index is -0.495. The van der Waals surface area contributed by atoms with E-state index < -0.39 is 17.7 Å². The van der Waals surface area contributed by atoms with Gasteiger partial charge in [0.05, 0.1) is 12.6 Å². The number of aliphatic hydroxyl groups excluding tert-OH is 1. The molecule has 0 fully saturated rings. The predicted molar refractivity (Wildman–Crippen MR) is 93.6 cm³/mol. The molecule has 0 saturated carbocycles. The Labute approximate surface area is 145 Å². The van der Waals surface area contributed by atoms with Crippen LogP contribution in [-0.2, 0) is 0 Å². The second kappa shape index (κ2) is 8.58. The number of hydrogen-bond acceptors (Lipinski definition) is 3. The third-order valence-electron chi connectivity index (χ3n) is 4.05. The topological polar surface area (TPSA) is 61.4 Å². The lowest BCUT2D eigenvalue weighted by molar-refractivity contribution is 0.0944. The molecule has 0 spiro atoms. The van der Waals surface area contributed by atoms with Crippen LogP contribution in [0, 0.1) is 18.6 Å². The van der Waals surface area contributed by atoms with Crippen molar-refractivity contribution >= 4 is 11.6 Å². The molecule has 25 heavy (non-hydrogen) atoms. The molecule has 0 aliphatic carbocycles. The van der Waals surface area contributed by atoms with Gasteiger partial charge < -0.3 is 15.7 Å². The molecule has 3 N–H and O–H groups in total. The van der Waals surface area contributed by atoms with E-state index in [0.717, 1.165) is 12.1 Å². The zero-order chi connectivity index (χ0) is 18.4. The van der Waals surface area contributed by atoms with Crippen molar-refractivity contribution in [1.29, 1.82) is 0 Å². The second-order valence-electron chi connectivity index (χ2n) is 5.73. The quantitative estimate of drug-likeness (QED) is 0.717. The molecule has 1 atom stereocenters. The van der Waals surface area contributed by atoms with E-state index in [2.05, 4.69) is 10.6 Å². The van der Waals surface area contributed by atoms with E-state index in [-0.39, 0.29) is 24.6 Å². The zero-order valence-corrected chi connectivity index (χ0v) is 14.3. The van der Waals surface area contributed by atoms with E-state index in [1.807, 2.05) is 6.92 Å². The Balaban J connectivity index is 2.29. The van der Waals surface area contributed by atoms with E-state index in [9.17, 15) is 13.6 Å². The Morgan fingerprint density at radius 3 is 2.68 bits per heavy atom. The molecule has 0 heterocycles. The largest absolute Gasteiger partial charge is 0.395 e. The fourth-order valence-electron chi connectivity index (χ4n) is 2.67. The zero-order valence-electron chi connectivity index (χ0n) is 14.3. The highest BCUT2D eigenvalue weighted by atomic mass is 19.1. The summed E-state index contributed by atoms with van der Waals surface area (Å²) in [5, 5.41) is 14.6. The first kappa shape index (κ1) is 18.9. The summed E-state index contributed by atoms with van der Waals surface area (Å²) < 4.78 is 27.5. The van der Waals surface area contributed by atoms with Gasteiger partial charge >= 0.3 is 0 Å². The number of anilines is 1. The van der Waals surface area contributed by atoms with Gasteiger partial charge in [-0.05, 0) is 49.2 Å². The number of hydrogen-bond donors (Lipinski definition) is 3. The molecule has 1 amide bonds. The van der Waals surface area contributed by atoms with Crippen LogP contribution in [0.25, 0.3) is 0 Å². The van der Waals surface area contributed by atoms with Crippen molar-refractivity contribution in [3.63, 3.8) is 0 Å². The first-order valence-electron chi connectivity index (χ1n) is 8.18. The van der Waals surface area contributed by atoms with Crippen molar-refractivity contribution in [3.05, 3.63) is 64.7 Å². The maximum absolute atomic E-state index is 14.1. The normalized spacial score (nSPS) is 11.9. The molecule has 4 nitrogen and oxygen atoms in total. The number of nitrogens with one attached hydrogen (secondary N) is 2. The van der Waals surface area contributed by atoms with Crippen LogP contribution in [0.5, 0.6) is 0 Å². The molecule has 1 unspecified atom stereocenters. The van der Waals surface area contributed by atoms with Gasteiger partial charge in [-0.1, -0.05) is 13.0 Å². The third-order valence-corrected chi connectivity index (χ3v) is 4.05. The Hall–Kier alpha value is -2.47. The van der Waals surface area contributed by atoms with Crippen LogP contribution in [0.3, 0.4) is 0 Å². The SMILES string of the molecule is CCC(Nc1cccc(C(=O)NCCO)c1C)c1cc(F)ccc1F. The highest BCUT2D eigenvalue weighted by Gasteiger charge is 2.17. The summed E-state index contributed by atoms with van der Waals surface area (Å²) >= 11 is 0. The highest BCUT2D eigenvalue weighted by molar-refractivity contribution is 5.97. The standard InChI is InChI=1S/C19H22F2N2O2/c1-3-17(15-11-13(20)7-8-16(15)21)23-18-6-4-5-14(12(18)2)19(25)22-9-10-24/h4-8,11,17,23-24H,3,9-10H2,1-2H3,(H,22,25). The summed E-state index contributed by atoms with van der Waals surface area (Å²) in [6.07, 6.45) is 0.542. The van der Waals surface area contributed by atoms with Crippen LogP contribution in [0.2, 0.25) is 0 Å². The van der Waals surface area contributed by atoms with Crippen molar-refractivity contribution in [3.8, 4) is 0 Å². The van der Waals surface area contributed by atoms with Gasteiger partial charge in [0, 0.05) is 23.4 Å². The molecule has 2 aromatic rings. The second-order valence-corrected chi connectivity index (χ2v) is 5.73. The maximum atomic E-state index is 14.1. The molecular formula is C19H22F2N2O2. The highest BCUT2D eigenvalue weighted by Crippen LogP contribution is 2.28. The average Bonchev–Trinajstić information content (AvgIpc) is 2.61. The van der Waals surface area contributed by atoms with Gasteiger partial charge in [0.25, 0.3) is 5.91 Å². The number of rotatable bonds is 7. The molecule has 0 aromatic heterocycles. The van der Waals surface area contributed by atoms with Crippen molar-refractivity contribution in [1.82, 2.24) is 5.32 Å². The number of halogens is 2. The van der Waals surface area contributed by atoms with E-state index in [0.29, 0.717) is 23.2 Å². The van der Waals surface area contributed by atoms with E-state index in [1.54, 1.807) is 25.1 Å². The molecule has 6 heteroatoms. The number of aliphatic hydroxyl groups is 1. The predicted octanol–water partition coefficient (Wildman–Crippen LogP) is 3.56. The third kappa shape index (κ3) is 4.54. The summed E-state index contributed by atoms with van der Waals surface area (Å²) in [5.74, 6) is -1.26. The van der Waals surface area contributed by atoms with Crippen LogP contribution >= 0.6 is 0 Å². The van der Waals surface area contributed by atoms with Crippen molar-refractivity contribution in [2.24, 2.45) is 0 Å². The number of benzene rings is 2. The van der Waals surface area contributed by atoms with Gasteiger partial charge in [-0.25, -0.2) is 8.78 Å². The number of carbonyl (C=O) groups is 1. The fourth-order valence-corrected chi connectivity index (χ4v) is 2.67. The van der Waals surface area contributed by atoms with Gasteiger partial charge in [0.15, 0.2) is 0 Å². The molecular weight excluding hydrogens is 326 g/mol. The lowest BCUT2D eigenvalue weighted by Gasteiger charge is -2.22. The van der Waals surface area contributed by atoms with Gasteiger partial charge in [-0.2, -0.15) is 0 Å². The van der Waals surface area contributed by atoms with Gasteiger partial charge in [-0.3, -0.25) is 4.79 Å². The van der Waals surface area contributed by atoms with Crippen molar-refractivity contribution in [2.45, 2.75) is 26.3 Å². The molecule has 0 bridgehead atoms. The molecule has 2 aromatic carbocycles. The summed E-state index contributed by atoms with van der Waals surface area (Å²) in [7, 11) is 0. The average molecular weight is 348 g/mol. The monoisotopic (exact) mass is 348 g/mol. The van der Waals surface area contributed by atoms with Crippen molar-refractivity contribution in [2.75, 3.05) is 18.5 Å². The summed E-state index contributed by atoms with van der Waals surface area (Å²) in [5.41, 5.74) is 2.09. The van der Waals surface area contributed by atoms with Crippen LogP contribution in [0.15, 0.2) is 36.4 Å². The van der Waals surface area contributed by atoms with Gasteiger partial charge in [0.1, 0.15) is 11.6 Å². The molecule has 0 aliphatic rings. The van der Waals surface area contributed by atoms with Crippen LogP contribution in [-0.4, -0.2) is 24.2 Å². The van der Waals surface area contributed by atoms with E-state index >= 15 is 0 Å². The number of amides is 1. The minimum absolute atomic E-state index is 0.139. The minimum Gasteiger partial charge on any atom is -0.395 e. The lowest BCUT2D eigenvalue weighted by Crippen LogP contribution is -2.27. The molecule has 0 saturated heterocycles. The Bertz CT molecular complexity index is 750. The smallest absolute Gasteiger partial charge is 0.251 e. The number of carbonyl (C=O) groups excluding carboxylic acids is 1. The van der Waals surface area contributed by atoms with Crippen LogP contribution < -0.4 is 10.6 Å². The van der Waals surface area contributed by atoms with Gasteiger partial charge in [0.2, 0.25) is 0 Å². The first-order valence-corrected chi connectivity index (χ1v) is 8.18. The van der Waals surface area contributed by atoms with Crippen molar-refractivity contribution < 1.29 is 18.7 Å². The Kier molecular flexibility index (Phi) is 6.47. The fraction of sp³-hybridized carbons (Fsp3) is 0.316. The first-order chi connectivity index (χ1) is 12.0. The summed E-state index contributed by atoms with van der Waals surface area (Å²) in [4.78, 5) is 12.1. The summed E-state index contributed by atoms with van der Waals surface area (Å²) in [6.45, 7) is 3.68. The van der Waals surface area contributed by atoms with Crippen LogP contribution in [0.1, 0.15) is 40.9 Å².